The molecule has 8 heteroatoms. The number of carbonyl (C=O) groups excluding carboxylic acids is 1. The van der Waals surface area contributed by atoms with Crippen molar-refractivity contribution in [3.63, 3.8) is 0 Å². The monoisotopic (exact) mass is 401 g/mol. The second-order valence-electron chi connectivity index (χ2n) is 6.35. The van der Waals surface area contributed by atoms with Gasteiger partial charge in [-0.15, -0.1) is 0 Å². The minimum absolute atomic E-state index is 0.243. The molecule has 4 aromatic rings. The maximum Gasteiger partial charge on any atom is 0.265 e. The van der Waals surface area contributed by atoms with Gasteiger partial charge in [-0.2, -0.15) is 5.10 Å². The van der Waals surface area contributed by atoms with E-state index in [1.807, 2.05) is 18.2 Å². The van der Waals surface area contributed by atoms with Gasteiger partial charge < -0.3 is 14.8 Å². The van der Waals surface area contributed by atoms with Crippen LogP contribution in [0.15, 0.2) is 85.5 Å². The summed E-state index contributed by atoms with van der Waals surface area (Å²) in [5, 5.41) is 6.96. The Hall–Kier alpha value is -4.20. The number of aromatic nitrogens is 4. The molecule has 2 heterocycles. The molecular weight excluding hydrogens is 382 g/mol. The average Bonchev–Trinajstić information content (AvgIpc) is 3.31. The summed E-state index contributed by atoms with van der Waals surface area (Å²) in [4.78, 5) is 20.6. The zero-order valence-corrected chi connectivity index (χ0v) is 16.2. The van der Waals surface area contributed by atoms with Crippen LogP contribution in [-0.4, -0.2) is 31.8 Å². The third kappa shape index (κ3) is 4.79. The number of para-hydroxylation sites is 1. The van der Waals surface area contributed by atoms with Crippen molar-refractivity contribution >= 4 is 11.6 Å². The number of benzene rings is 2. The van der Waals surface area contributed by atoms with Crippen molar-refractivity contribution in [3.05, 3.63) is 85.5 Å². The minimum atomic E-state index is -0.634. The van der Waals surface area contributed by atoms with Crippen LogP contribution in [0.4, 0.5) is 5.69 Å². The van der Waals surface area contributed by atoms with Gasteiger partial charge in [0.2, 0.25) is 5.88 Å². The lowest BCUT2D eigenvalue weighted by Crippen LogP contribution is -2.30. The molecule has 2 aromatic heterocycles. The van der Waals surface area contributed by atoms with Crippen molar-refractivity contribution in [1.82, 2.24) is 19.7 Å². The van der Waals surface area contributed by atoms with Crippen LogP contribution >= 0.6 is 0 Å². The quantitative estimate of drug-likeness (QED) is 0.506. The lowest BCUT2D eigenvalue weighted by molar-refractivity contribution is -0.122. The predicted molar refractivity (Wildman–Crippen MR) is 111 cm³/mol. The lowest BCUT2D eigenvalue weighted by Gasteiger charge is -2.15. The highest BCUT2D eigenvalue weighted by molar-refractivity contribution is 5.94. The first kappa shape index (κ1) is 19.1. The molecule has 4 rings (SSSR count). The van der Waals surface area contributed by atoms with E-state index in [2.05, 4.69) is 20.4 Å². The Bertz CT molecular complexity index is 1100. The van der Waals surface area contributed by atoms with Crippen molar-refractivity contribution in [3.8, 4) is 23.2 Å². The number of ether oxygens (including phenoxy) is 2. The van der Waals surface area contributed by atoms with Crippen molar-refractivity contribution in [2.45, 2.75) is 13.0 Å². The molecule has 8 nitrogen and oxygen atoms in total. The lowest BCUT2D eigenvalue weighted by atomic mass is 10.2. The molecule has 0 saturated heterocycles. The molecule has 0 aliphatic rings. The fourth-order valence-electron chi connectivity index (χ4n) is 2.64. The number of anilines is 1. The minimum Gasteiger partial charge on any atom is -0.481 e. The Balaban J connectivity index is 1.36. The average molecular weight is 401 g/mol. The topological polar surface area (TPSA) is 91.2 Å². The number of nitrogens with one attached hydrogen (secondary N) is 1. The third-order valence-corrected chi connectivity index (χ3v) is 4.14. The van der Waals surface area contributed by atoms with Gasteiger partial charge in [-0.25, -0.2) is 14.6 Å². The van der Waals surface area contributed by atoms with Crippen LogP contribution in [0.2, 0.25) is 0 Å². The maximum absolute atomic E-state index is 12.4. The van der Waals surface area contributed by atoms with E-state index in [-0.39, 0.29) is 5.91 Å². The summed E-state index contributed by atoms with van der Waals surface area (Å²) in [6.45, 7) is 1.70. The van der Waals surface area contributed by atoms with Crippen LogP contribution < -0.4 is 14.8 Å². The molecule has 1 unspecified atom stereocenters. The van der Waals surface area contributed by atoms with Gasteiger partial charge in [-0.05, 0) is 49.4 Å². The smallest absolute Gasteiger partial charge is 0.265 e. The highest BCUT2D eigenvalue weighted by Gasteiger charge is 2.15. The van der Waals surface area contributed by atoms with E-state index >= 15 is 0 Å². The number of carbonyl (C=O) groups is 1. The molecule has 1 N–H and O–H groups in total. The standard InChI is InChI=1S/C22H19N5O3/c1-16(29-18-6-3-2-4-7-18)22(28)26-17-8-10-19(11-9-17)30-21-14-20(23-15-24-21)27-13-5-12-25-27/h2-16H,1H3,(H,26,28). The van der Waals surface area contributed by atoms with E-state index in [9.17, 15) is 4.79 Å². The molecule has 0 bridgehead atoms. The Morgan fingerprint density at radius 2 is 1.80 bits per heavy atom. The van der Waals surface area contributed by atoms with Gasteiger partial charge in [0.1, 0.15) is 17.8 Å². The molecule has 150 valence electrons. The maximum atomic E-state index is 12.4. The summed E-state index contributed by atoms with van der Waals surface area (Å²) in [5.74, 6) is 1.96. The van der Waals surface area contributed by atoms with Crippen molar-refractivity contribution < 1.29 is 14.3 Å². The first-order valence-electron chi connectivity index (χ1n) is 9.30. The van der Waals surface area contributed by atoms with Crippen LogP contribution in [0, 0.1) is 0 Å². The molecule has 30 heavy (non-hydrogen) atoms. The summed E-state index contributed by atoms with van der Waals surface area (Å²) in [6, 6.07) is 19.7. The highest BCUT2D eigenvalue weighted by atomic mass is 16.5. The molecule has 1 atom stereocenters. The number of amides is 1. The molecular formula is C22H19N5O3. The molecule has 0 aliphatic carbocycles. The van der Waals surface area contributed by atoms with E-state index < -0.39 is 6.10 Å². The highest BCUT2D eigenvalue weighted by Crippen LogP contribution is 2.22. The van der Waals surface area contributed by atoms with Gasteiger partial charge in [-0.1, -0.05) is 18.2 Å². The number of hydrogen-bond acceptors (Lipinski definition) is 6. The summed E-state index contributed by atoms with van der Waals surface area (Å²) in [7, 11) is 0. The summed E-state index contributed by atoms with van der Waals surface area (Å²) < 4.78 is 13.0. The predicted octanol–water partition coefficient (Wildman–Crippen LogP) is 3.86. The Morgan fingerprint density at radius 3 is 2.53 bits per heavy atom. The largest absolute Gasteiger partial charge is 0.481 e. The summed E-state index contributed by atoms with van der Waals surface area (Å²) >= 11 is 0. The normalized spacial score (nSPS) is 11.5. The van der Waals surface area contributed by atoms with Crippen LogP contribution in [0.1, 0.15) is 6.92 Å². The first-order valence-corrected chi connectivity index (χ1v) is 9.30. The number of nitrogens with zero attached hydrogens (tertiary/aromatic N) is 4. The third-order valence-electron chi connectivity index (χ3n) is 4.14. The molecule has 2 aromatic carbocycles. The van der Waals surface area contributed by atoms with E-state index in [0.29, 0.717) is 28.9 Å². The van der Waals surface area contributed by atoms with Gasteiger partial charge >= 0.3 is 0 Å². The van der Waals surface area contributed by atoms with Crippen LogP contribution in [0.25, 0.3) is 5.82 Å². The second-order valence-corrected chi connectivity index (χ2v) is 6.35. The molecule has 0 aliphatic heterocycles. The van der Waals surface area contributed by atoms with Gasteiger partial charge in [0.05, 0.1) is 0 Å². The summed E-state index contributed by atoms with van der Waals surface area (Å²) in [6.07, 6.45) is 4.23. The van der Waals surface area contributed by atoms with Crippen molar-refractivity contribution in [2.75, 3.05) is 5.32 Å². The van der Waals surface area contributed by atoms with E-state index in [1.54, 1.807) is 72.5 Å². The number of rotatable bonds is 7. The molecule has 0 spiro atoms. The summed E-state index contributed by atoms with van der Waals surface area (Å²) in [5.41, 5.74) is 0.635. The zero-order valence-electron chi connectivity index (χ0n) is 16.2. The number of hydrogen-bond donors (Lipinski definition) is 1. The van der Waals surface area contributed by atoms with Crippen molar-refractivity contribution in [1.29, 1.82) is 0 Å². The van der Waals surface area contributed by atoms with Gasteiger partial charge in [0, 0.05) is 24.1 Å². The van der Waals surface area contributed by atoms with Gasteiger partial charge in [-0.3, -0.25) is 4.79 Å². The van der Waals surface area contributed by atoms with Crippen LogP contribution in [-0.2, 0) is 4.79 Å². The van der Waals surface area contributed by atoms with E-state index in [0.717, 1.165) is 0 Å². The first-order chi connectivity index (χ1) is 14.7. The molecule has 1 amide bonds. The van der Waals surface area contributed by atoms with Gasteiger partial charge in [0.15, 0.2) is 11.9 Å². The zero-order chi connectivity index (χ0) is 20.8. The SMILES string of the molecule is CC(Oc1ccccc1)C(=O)Nc1ccc(Oc2cc(-n3cccn3)ncn2)cc1. The fraction of sp³-hybridized carbons (Fsp3) is 0.0909. The Morgan fingerprint density at radius 1 is 1.00 bits per heavy atom. The van der Waals surface area contributed by atoms with Crippen LogP contribution in [0.3, 0.4) is 0 Å². The molecule has 0 radical (unpaired) electrons. The van der Waals surface area contributed by atoms with E-state index in [4.69, 9.17) is 9.47 Å². The van der Waals surface area contributed by atoms with Gasteiger partial charge in [0.25, 0.3) is 5.91 Å². The molecule has 0 fully saturated rings. The Labute approximate surface area is 173 Å². The van der Waals surface area contributed by atoms with Crippen molar-refractivity contribution in [2.24, 2.45) is 0 Å². The second kappa shape index (κ2) is 8.87. The van der Waals surface area contributed by atoms with Crippen LogP contribution in [0.5, 0.6) is 17.4 Å². The Kier molecular flexibility index (Phi) is 5.66. The molecule has 0 saturated carbocycles. The van der Waals surface area contributed by atoms with E-state index in [1.165, 1.54) is 6.33 Å². The fourth-order valence-corrected chi connectivity index (χ4v) is 2.64.